The Bertz CT molecular complexity index is 853. The molecule has 0 unspecified atom stereocenters. The molecule has 2 fully saturated rings. The zero-order valence-corrected chi connectivity index (χ0v) is 22.0. The number of benzene rings is 1. The van der Waals surface area contributed by atoms with Crippen LogP contribution in [0.2, 0.25) is 10.0 Å². The maximum absolute atomic E-state index is 12.6. The molecule has 1 aromatic carbocycles. The lowest BCUT2D eigenvalue weighted by molar-refractivity contribution is -0.130. The van der Waals surface area contributed by atoms with Crippen molar-refractivity contribution >= 4 is 41.1 Å². The molecule has 0 radical (unpaired) electrons. The molecule has 0 spiro atoms. The van der Waals surface area contributed by atoms with Crippen molar-refractivity contribution in [1.29, 1.82) is 0 Å². The molecule has 188 valence electrons. The van der Waals surface area contributed by atoms with Crippen LogP contribution in [-0.2, 0) is 9.59 Å². The van der Waals surface area contributed by atoms with Gasteiger partial charge >= 0.3 is 0 Å². The number of piperazine rings is 1. The van der Waals surface area contributed by atoms with E-state index in [1.54, 1.807) is 29.2 Å². The molecule has 0 saturated carbocycles. The first-order valence-electron chi connectivity index (χ1n) is 12.5. The third-order valence-corrected chi connectivity index (χ3v) is 7.24. The van der Waals surface area contributed by atoms with E-state index in [2.05, 4.69) is 23.6 Å². The van der Waals surface area contributed by atoms with E-state index >= 15 is 0 Å². The van der Waals surface area contributed by atoms with Crippen LogP contribution in [0.5, 0.6) is 0 Å². The van der Waals surface area contributed by atoms with Gasteiger partial charge in [-0.05, 0) is 49.1 Å². The Hall–Kier alpha value is -1.60. The second kappa shape index (κ2) is 13.5. The van der Waals surface area contributed by atoms with Gasteiger partial charge in [-0.1, -0.05) is 43.1 Å². The molecule has 2 heterocycles. The molecule has 0 atom stereocenters. The summed E-state index contributed by atoms with van der Waals surface area (Å²) in [6.07, 6.45) is 5.76. The Kier molecular flexibility index (Phi) is 10.7. The minimum absolute atomic E-state index is 0.0858. The maximum atomic E-state index is 12.6. The van der Waals surface area contributed by atoms with Crippen molar-refractivity contribution in [2.45, 2.75) is 33.1 Å². The summed E-state index contributed by atoms with van der Waals surface area (Å²) >= 11 is 12.0. The molecule has 2 aliphatic rings. The van der Waals surface area contributed by atoms with Gasteiger partial charge in [-0.25, -0.2) is 0 Å². The second-order valence-electron chi connectivity index (χ2n) is 9.71. The van der Waals surface area contributed by atoms with Crippen LogP contribution >= 0.6 is 23.2 Å². The van der Waals surface area contributed by atoms with Gasteiger partial charge in [0.15, 0.2) is 0 Å². The molecule has 3 rings (SSSR count). The lowest BCUT2D eigenvalue weighted by atomic mass is 10.2. The molecular weight excluding hydrogens is 471 g/mol. The zero-order valence-electron chi connectivity index (χ0n) is 20.5. The summed E-state index contributed by atoms with van der Waals surface area (Å²) < 4.78 is 0. The summed E-state index contributed by atoms with van der Waals surface area (Å²) in [6.45, 7) is 13.8. The van der Waals surface area contributed by atoms with Crippen molar-refractivity contribution in [3.63, 3.8) is 0 Å². The fourth-order valence-electron chi connectivity index (χ4n) is 4.56. The summed E-state index contributed by atoms with van der Waals surface area (Å²) in [7, 11) is 0. The minimum atomic E-state index is -0.0858. The molecule has 1 aromatic rings. The van der Waals surface area contributed by atoms with Crippen molar-refractivity contribution in [3.8, 4) is 0 Å². The van der Waals surface area contributed by atoms with Gasteiger partial charge in [-0.2, -0.15) is 0 Å². The molecule has 2 amide bonds. The summed E-state index contributed by atoms with van der Waals surface area (Å²) in [5, 5.41) is 0.945. The van der Waals surface area contributed by atoms with Gasteiger partial charge in [0.25, 0.3) is 0 Å². The van der Waals surface area contributed by atoms with Gasteiger partial charge in [0.2, 0.25) is 11.8 Å². The Morgan fingerprint density at radius 1 is 0.941 bits per heavy atom. The van der Waals surface area contributed by atoms with Gasteiger partial charge < -0.3 is 19.6 Å². The lowest BCUT2D eigenvalue weighted by Crippen LogP contribution is -2.47. The minimum Gasteiger partial charge on any atom is -0.341 e. The zero-order chi connectivity index (χ0) is 24.5. The Morgan fingerprint density at radius 3 is 2.35 bits per heavy atom. The average molecular weight is 510 g/mol. The van der Waals surface area contributed by atoms with E-state index in [9.17, 15) is 9.59 Å². The highest BCUT2D eigenvalue weighted by Crippen LogP contribution is 2.23. The van der Waals surface area contributed by atoms with Crippen LogP contribution < -0.4 is 0 Å². The predicted octanol–water partition coefficient (Wildman–Crippen LogP) is 4.12. The van der Waals surface area contributed by atoms with Crippen molar-refractivity contribution in [3.05, 3.63) is 39.9 Å². The fourth-order valence-corrected chi connectivity index (χ4v) is 4.87. The monoisotopic (exact) mass is 508 g/mol. The first kappa shape index (κ1) is 27.0. The topological polar surface area (TPSA) is 47.1 Å². The molecule has 8 heteroatoms. The van der Waals surface area contributed by atoms with Gasteiger partial charge in [-0.15, -0.1) is 0 Å². The number of halogens is 2. The number of hydrogen-bond acceptors (Lipinski definition) is 4. The quantitative estimate of drug-likeness (QED) is 0.371. The molecule has 0 bridgehead atoms. The van der Waals surface area contributed by atoms with Gasteiger partial charge in [0, 0.05) is 71.4 Å². The van der Waals surface area contributed by atoms with E-state index in [0.717, 1.165) is 63.6 Å². The van der Waals surface area contributed by atoms with Gasteiger partial charge in [0.05, 0.1) is 10.0 Å². The first-order valence-corrected chi connectivity index (χ1v) is 13.2. The van der Waals surface area contributed by atoms with Crippen LogP contribution in [-0.4, -0.2) is 96.9 Å². The van der Waals surface area contributed by atoms with Crippen molar-refractivity contribution in [2.75, 3.05) is 65.4 Å². The standard InChI is InChI=1S/C26H38Cl2N4O2/c1-21(2)20-30-15-13-29(14-16-30)10-3-4-11-31-17-18-32(12-9-26(31)34)25(33)8-6-22-5-7-23(27)24(28)19-22/h5-8,19,21H,3-4,9-18,20H2,1-2H3. The van der Waals surface area contributed by atoms with E-state index in [4.69, 9.17) is 23.2 Å². The highest BCUT2D eigenvalue weighted by molar-refractivity contribution is 6.42. The van der Waals surface area contributed by atoms with Crippen molar-refractivity contribution < 1.29 is 9.59 Å². The maximum Gasteiger partial charge on any atom is 0.246 e. The number of unbranched alkanes of at least 4 members (excludes halogenated alkanes) is 1. The van der Waals surface area contributed by atoms with Crippen LogP contribution in [0.1, 0.15) is 38.7 Å². The summed E-state index contributed by atoms with van der Waals surface area (Å²) in [6, 6.07) is 5.26. The first-order chi connectivity index (χ1) is 16.3. The summed E-state index contributed by atoms with van der Waals surface area (Å²) in [5.41, 5.74) is 0.816. The number of carbonyl (C=O) groups is 2. The van der Waals surface area contributed by atoms with E-state index in [0.29, 0.717) is 36.1 Å². The van der Waals surface area contributed by atoms with Crippen molar-refractivity contribution in [1.82, 2.24) is 19.6 Å². The molecule has 34 heavy (non-hydrogen) atoms. The smallest absolute Gasteiger partial charge is 0.246 e. The molecule has 2 aliphatic heterocycles. The number of amides is 2. The SMILES string of the molecule is CC(C)CN1CCN(CCCCN2CCN(C(=O)C=Cc3ccc(Cl)c(Cl)c3)CCC2=O)CC1. The molecule has 6 nitrogen and oxygen atoms in total. The third-order valence-electron chi connectivity index (χ3n) is 6.50. The summed E-state index contributed by atoms with van der Waals surface area (Å²) in [5.74, 6) is 0.783. The Labute approximate surface area is 214 Å². The van der Waals surface area contributed by atoms with Gasteiger partial charge in [0.1, 0.15) is 0 Å². The highest BCUT2D eigenvalue weighted by atomic mass is 35.5. The van der Waals surface area contributed by atoms with Crippen LogP contribution in [0.4, 0.5) is 0 Å². The third kappa shape index (κ3) is 8.56. The lowest BCUT2D eigenvalue weighted by Gasteiger charge is -2.35. The van der Waals surface area contributed by atoms with E-state index in [-0.39, 0.29) is 11.8 Å². The average Bonchev–Trinajstić information content (AvgIpc) is 2.99. The number of carbonyl (C=O) groups excluding carboxylic acids is 2. The number of nitrogens with zero attached hydrogens (tertiary/aromatic N) is 4. The van der Waals surface area contributed by atoms with Crippen LogP contribution in [0.15, 0.2) is 24.3 Å². The van der Waals surface area contributed by atoms with E-state index in [1.807, 2.05) is 11.0 Å². The number of rotatable bonds is 9. The number of hydrogen-bond donors (Lipinski definition) is 0. The Balaban J connectivity index is 1.37. The normalized spacial score (nSPS) is 18.8. The Morgan fingerprint density at radius 2 is 1.65 bits per heavy atom. The summed E-state index contributed by atoms with van der Waals surface area (Å²) in [4.78, 5) is 34.0. The highest BCUT2D eigenvalue weighted by Gasteiger charge is 2.23. The van der Waals surface area contributed by atoms with Crippen LogP contribution in [0.25, 0.3) is 6.08 Å². The predicted molar refractivity (Wildman–Crippen MR) is 140 cm³/mol. The second-order valence-corrected chi connectivity index (χ2v) is 10.5. The molecule has 2 saturated heterocycles. The molecule has 0 aromatic heterocycles. The molecule has 0 N–H and O–H groups in total. The van der Waals surface area contributed by atoms with Crippen LogP contribution in [0.3, 0.4) is 0 Å². The molecular formula is C26H38Cl2N4O2. The van der Waals surface area contributed by atoms with E-state index in [1.165, 1.54) is 6.54 Å². The van der Waals surface area contributed by atoms with E-state index < -0.39 is 0 Å². The van der Waals surface area contributed by atoms with Crippen molar-refractivity contribution in [2.24, 2.45) is 5.92 Å². The molecule has 0 aliphatic carbocycles. The fraction of sp³-hybridized carbons (Fsp3) is 0.615. The largest absolute Gasteiger partial charge is 0.341 e. The van der Waals surface area contributed by atoms with Gasteiger partial charge in [-0.3, -0.25) is 9.59 Å². The van der Waals surface area contributed by atoms with Crippen LogP contribution in [0, 0.1) is 5.92 Å².